The number of para-hydroxylation sites is 3. The summed E-state index contributed by atoms with van der Waals surface area (Å²) in [5, 5.41) is 4.61. The van der Waals surface area contributed by atoms with Crippen LogP contribution in [0.2, 0.25) is 0 Å². The summed E-state index contributed by atoms with van der Waals surface area (Å²) in [5.41, 5.74) is 15.2. The first kappa shape index (κ1) is 33.9. The fourth-order valence-electron chi connectivity index (χ4n) is 9.34. The lowest BCUT2D eigenvalue weighted by atomic mass is 9.72. The van der Waals surface area contributed by atoms with E-state index in [9.17, 15) is 0 Å². The van der Waals surface area contributed by atoms with Crippen LogP contribution >= 0.6 is 0 Å². The second-order valence-corrected chi connectivity index (χ2v) is 15.7. The summed E-state index contributed by atoms with van der Waals surface area (Å²) in [4.78, 5) is 4.95. The maximum atomic E-state index is 6.80. The molecule has 3 nitrogen and oxygen atoms in total. The second-order valence-electron chi connectivity index (χ2n) is 15.7. The number of furan rings is 1. The first-order chi connectivity index (χ1) is 28.6. The molecule has 0 unspecified atom stereocenters. The van der Waals surface area contributed by atoms with Gasteiger partial charge in [0.15, 0.2) is 5.58 Å². The lowest BCUT2D eigenvalue weighted by Crippen LogP contribution is -2.32. The Balaban J connectivity index is 1.22. The van der Waals surface area contributed by atoms with Crippen LogP contribution in [-0.4, -0.2) is 0 Å². The van der Waals surface area contributed by atoms with Gasteiger partial charge < -0.3 is 14.2 Å². The van der Waals surface area contributed by atoms with Crippen LogP contribution in [0.4, 0.5) is 34.1 Å². The molecule has 0 amide bonds. The van der Waals surface area contributed by atoms with Gasteiger partial charge in [-0.1, -0.05) is 178 Å². The fraction of sp³-hybridized carbons (Fsp3) is 0.0545. The summed E-state index contributed by atoms with van der Waals surface area (Å²) in [6.45, 7) is 4.76. The molecule has 0 saturated heterocycles. The monoisotopic (exact) mass is 744 g/mol. The molecule has 58 heavy (non-hydrogen) atoms. The van der Waals surface area contributed by atoms with Crippen molar-refractivity contribution in [1.82, 2.24) is 0 Å². The van der Waals surface area contributed by atoms with Gasteiger partial charge in [-0.15, -0.1) is 0 Å². The lowest BCUT2D eigenvalue weighted by Gasteiger charge is -2.45. The number of nitrogens with zero attached hydrogens (tertiary/aromatic N) is 2. The standard InChI is InChI=1S/C55H40N2O/c1-55(2)46-25-12-13-26-47(46)57(53-42-22-10-9-21-40(42)33-36-43(53)39-19-7-4-8-20-39)49-28-16-27-48(52(49)55)56(41-34-31-38(32-35-41)37-17-5-3-6-18-37)50-29-15-24-45-44-23-11-14-30-51(44)58-54(45)50/h3-36H,1-2H3. The Kier molecular flexibility index (Phi) is 7.84. The van der Waals surface area contributed by atoms with Gasteiger partial charge in [-0.25, -0.2) is 0 Å². The molecule has 3 heteroatoms. The van der Waals surface area contributed by atoms with Gasteiger partial charge in [-0.3, -0.25) is 0 Å². The number of fused-ring (bicyclic) bond motifs is 6. The molecular formula is C55H40N2O. The van der Waals surface area contributed by atoms with Gasteiger partial charge in [-0.2, -0.15) is 0 Å². The van der Waals surface area contributed by atoms with Crippen molar-refractivity contribution in [1.29, 1.82) is 0 Å². The van der Waals surface area contributed by atoms with E-state index in [1.807, 2.05) is 6.07 Å². The maximum absolute atomic E-state index is 6.80. The molecule has 0 radical (unpaired) electrons. The molecule has 1 aliphatic heterocycles. The van der Waals surface area contributed by atoms with E-state index in [1.165, 1.54) is 55.5 Å². The predicted molar refractivity (Wildman–Crippen MR) is 244 cm³/mol. The summed E-state index contributed by atoms with van der Waals surface area (Å²) in [6, 6.07) is 74.4. The van der Waals surface area contributed by atoms with Crippen LogP contribution in [0.15, 0.2) is 211 Å². The molecule has 11 rings (SSSR count). The fourth-order valence-corrected chi connectivity index (χ4v) is 9.34. The van der Waals surface area contributed by atoms with E-state index in [1.54, 1.807) is 0 Å². The maximum Gasteiger partial charge on any atom is 0.159 e. The molecule has 0 fully saturated rings. The molecule has 0 saturated carbocycles. The van der Waals surface area contributed by atoms with Crippen molar-refractivity contribution in [2.45, 2.75) is 19.3 Å². The molecule has 276 valence electrons. The van der Waals surface area contributed by atoms with E-state index in [0.29, 0.717) is 0 Å². The summed E-state index contributed by atoms with van der Waals surface area (Å²) in [6.07, 6.45) is 0. The van der Waals surface area contributed by atoms with Crippen molar-refractivity contribution in [3.63, 3.8) is 0 Å². The first-order valence-corrected chi connectivity index (χ1v) is 20.0. The van der Waals surface area contributed by atoms with Crippen LogP contribution in [0.25, 0.3) is 55.0 Å². The van der Waals surface area contributed by atoms with Gasteiger partial charge in [0.05, 0.1) is 28.4 Å². The highest BCUT2D eigenvalue weighted by Crippen LogP contribution is 2.58. The summed E-state index contributed by atoms with van der Waals surface area (Å²) >= 11 is 0. The molecule has 10 aromatic rings. The Bertz CT molecular complexity index is 3140. The third-order valence-corrected chi connectivity index (χ3v) is 12.0. The SMILES string of the molecule is CC1(C)c2ccccc2N(c2c(-c3ccccc3)ccc3ccccc23)c2cccc(N(c3ccc(-c4ccccc4)cc3)c3cccc4c3oc3ccccc34)c21. The normalized spacial score (nSPS) is 13.1. The molecule has 0 N–H and O–H groups in total. The van der Waals surface area contributed by atoms with Gasteiger partial charge in [0.1, 0.15) is 5.58 Å². The van der Waals surface area contributed by atoms with Crippen molar-refractivity contribution in [2.24, 2.45) is 0 Å². The van der Waals surface area contributed by atoms with Crippen LogP contribution < -0.4 is 9.80 Å². The Morgan fingerprint density at radius 2 is 1.05 bits per heavy atom. The lowest BCUT2D eigenvalue weighted by molar-refractivity contribution is 0.632. The van der Waals surface area contributed by atoms with Gasteiger partial charge in [0, 0.05) is 38.4 Å². The Morgan fingerprint density at radius 1 is 0.448 bits per heavy atom. The second kappa shape index (κ2) is 13.4. The zero-order chi connectivity index (χ0) is 38.8. The van der Waals surface area contributed by atoms with E-state index in [2.05, 4.69) is 224 Å². The number of anilines is 6. The van der Waals surface area contributed by atoms with Crippen molar-refractivity contribution in [3.05, 3.63) is 217 Å². The van der Waals surface area contributed by atoms with Gasteiger partial charge in [0.2, 0.25) is 0 Å². The quantitative estimate of drug-likeness (QED) is 0.169. The third-order valence-electron chi connectivity index (χ3n) is 12.0. The van der Waals surface area contributed by atoms with E-state index in [0.717, 1.165) is 44.7 Å². The highest BCUT2D eigenvalue weighted by molar-refractivity contribution is 6.11. The highest BCUT2D eigenvalue weighted by atomic mass is 16.3. The molecule has 0 bridgehead atoms. The number of rotatable bonds is 6. The van der Waals surface area contributed by atoms with E-state index in [-0.39, 0.29) is 5.41 Å². The van der Waals surface area contributed by atoms with Crippen molar-refractivity contribution in [2.75, 3.05) is 9.80 Å². The molecule has 0 spiro atoms. The van der Waals surface area contributed by atoms with Crippen LogP contribution in [0.5, 0.6) is 0 Å². The highest BCUT2D eigenvalue weighted by Gasteiger charge is 2.41. The van der Waals surface area contributed by atoms with Crippen molar-refractivity contribution >= 4 is 66.8 Å². The zero-order valence-corrected chi connectivity index (χ0v) is 32.4. The summed E-state index contributed by atoms with van der Waals surface area (Å²) in [5.74, 6) is 0. The molecular weight excluding hydrogens is 705 g/mol. The average Bonchev–Trinajstić information content (AvgIpc) is 3.67. The number of hydrogen-bond donors (Lipinski definition) is 0. The minimum atomic E-state index is -0.388. The average molecular weight is 745 g/mol. The molecule has 0 aliphatic carbocycles. The smallest absolute Gasteiger partial charge is 0.159 e. The van der Waals surface area contributed by atoms with E-state index < -0.39 is 0 Å². The third kappa shape index (κ3) is 5.28. The number of hydrogen-bond acceptors (Lipinski definition) is 3. The van der Waals surface area contributed by atoms with Gasteiger partial charge >= 0.3 is 0 Å². The molecule has 9 aromatic carbocycles. The zero-order valence-electron chi connectivity index (χ0n) is 32.4. The van der Waals surface area contributed by atoms with Crippen molar-refractivity contribution in [3.8, 4) is 22.3 Å². The summed E-state index contributed by atoms with van der Waals surface area (Å²) in [7, 11) is 0. The minimum absolute atomic E-state index is 0.388. The largest absolute Gasteiger partial charge is 0.454 e. The van der Waals surface area contributed by atoms with Crippen LogP contribution in [0.3, 0.4) is 0 Å². The van der Waals surface area contributed by atoms with E-state index >= 15 is 0 Å². The van der Waals surface area contributed by atoms with E-state index in [4.69, 9.17) is 4.42 Å². The minimum Gasteiger partial charge on any atom is -0.454 e. The van der Waals surface area contributed by atoms with Crippen LogP contribution in [-0.2, 0) is 5.41 Å². The van der Waals surface area contributed by atoms with Crippen LogP contribution in [0.1, 0.15) is 25.0 Å². The summed E-state index contributed by atoms with van der Waals surface area (Å²) < 4.78 is 6.80. The molecule has 0 atom stereocenters. The Labute approximate surface area is 338 Å². The van der Waals surface area contributed by atoms with Gasteiger partial charge in [0.25, 0.3) is 0 Å². The van der Waals surface area contributed by atoms with Crippen molar-refractivity contribution < 1.29 is 4.42 Å². The molecule has 1 aliphatic rings. The molecule has 2 heterocycles. The van der Waals surface area contributed by atoms with Gasteiger partial charge in [-0.05, 0) is 70.1 Å². The predicted octanol–water partition coefficient (Wildman–Crippen LogP) is 15.7. The Hall–Kier alpha value is -7.36. The van der Waals surface area contributed by atoms with Crippen LogP contribution in [0, 0.1) is 0 Å². The first-order valence-electron chi connectivity index (χ1n) is 20.0. The Morgan fingerprint density at radius 3 is 1.86 bits per heavy atom. The topological polar surface area (TPSA) is 19.6 Å². The molecule has 1 aromatic heterocycles. The number of benzene rings is 9.